The Labute approximate surface area is 354 Å². The molecule has 5 aromatic rings. The molecule has 0 bridgehead atoms. The van der Waals surface area contributed by atoms with Gasteiger partial charge in [0, 0.05) is 12.6 Å². The summed E-state index contributed by atoms with van der Waals surface area (Å²) < 4.78 is 24.4. The number of rotatable bonds is 13. The molecule has 1 fully saturated rings. The number of para-hydroxylation sites is 2. The summed E-state index contributed by atoms with van der Waals surface area (Å²) >= 11 is 11.5. The largest absolute Gasteiger partial charge is 0.457 e. The van der Waals surface area contributed by atoms with E-state index in [4.69, 9.17) is 47.0 Å². The Kier molecular flexibility index (Phi) is 14.6. The van der Waals surface area contributed by atoms with Crippen LogP contribution in [0.2, 0.25) is 0 Å². The number of hydrogen-bond donors (Lipinski definition) is 0. The van der Waals surface area contributed by atoms with Crippen LogP contribution in [0.1, 0.15) is 73.5 Å². The molecule has 1 heterocycles. The standard InChI is InChI=1S/C24H27N3O4.C22H19Cl2NO3/c1-17-21(22(27(5)26-17)30-20-9-7-6-8-10-20)15-25-29-16-18-11-13-19(14-12-18)23(28)31-24(2,3)4;1-22(2)17(12-19(23)24)20(22)21(26)28-18(13-25)14-7-6-10-16(11-14)27-15-8-4-3-5-9-15/h6-15H,16H2,1-5H3;3-12,17-18,20H,1-2H3/b25-15+;/t;17-,18?,20-/m.0/s1. The van der Waals surface area contributed by atoms with Gasteiger partial charge in [-0.05, 0) is 99.2 Å². The summed E-state index contributed by atoms with van der Waals surface area (Å²) in [6.45, 7) is 11.5. The molecular formula is C46H46Cl2N4O7. The highest BCUT2D eigenvalue weighted by Gasteiger charge is 2.62. The van der Waals surface area contributed by atoms with Gasteiger partial charge in [0.1, 0.15) is 40.0 Å². The number of nitrogens with zero attached hydrogens (tertiary/aromatic N) is 4. The van der Waals surface area contributed by atoms with Gasteiger partial charge in [0.15, 0.2) is 0 Å². The maximum Gasteiger partial charge on any atom is 0.338 e. The van der Waals surface area contributed by atoms with Crippen LogP contribution in [0.4, 0.5) is 0 Å². The first-order valence-electron chi connectivity index (χ1n) is 18.8. The molecule has 0 saturated heterocycles. The number of benzene rings is 4. The summed E-state index contributed by atoms with van der Waals surface area (Å²) in [5.41, 5.74) is 2.61. The molecule has 306 valence electrons. The van der Waals surface area contributed by atoms with Crippen molar-refractivity contribution in [3.63, 3.8) is 0 Å². The second-order valence-electron chi connectivity index (χ2n) is 15.3. The number of esters is 2. The zero-order valence-electron chi connectivity index (χ0n) is 33.9. The molecule has 6 rings (SSSR count). The topological polar surface area (TPSA) is 134 Å². The molecule has 0 radical (unpaired) electrons. The van der Waals surface area contributed by atoms with Crippen molar-refractivity contribution in [2.75, 3.05) is 0 Å². The number of oxime groups is 1. The number of hydrogen-bond acceptors (Lipinski definition) is 10. The molecule has 1 aromatic heterocycles. The van der Waals surface area contributed by atoms with Crippen LogP contribution in [0.25, 0.3) is 0 Å². The minimum atomic E-state index is -1.03. The number of ether oxygens (including phenoxy) is 4. The average molecular weight is 838 g/mol. The van der Waals surface area contributed by atoms with E-state index in [9.17, 15) is 14.9 Å². The fourth-order valence-electron chi connectivity index (χ4n) is 6.10. The molecule has 1 saturated carbocycles. The number of allylic oxidation sites excluding steroid dienone is 1. The van der Waals surface area contributed by atoms with E-state index in [2.05, 4.69) is 10.3 Å². The Morgan fingerprint density at radius 1 is 0.915 bits per heavy atom. The molecule has 1 aliphatic rings. The smallest absolute Gasteiger partial charge is 0.338 e. The lowest BCUT2D eigenvalue weighted by Crippen LogP contribution is -2.23. The van der Waals surface area contributed by atoms with Crippen LogP contribution >= 0.6 is 23.2 Å². The Morgan fingerprint density at radius 3 is 2.12 bits per heavy atom. The van der Waals surface area contributed by atoms with Crippen LogP contribution in [0, 0.1) is 35.5 Å². The lowest BCUT2D eigenvalue weighted by atomic mass is 10.1. The van der Waals surface area contributed by atoms with Crippen molar-refractivity contribution in [3.8, 4) is 29.2 Å². The van der Waals surface area contributed by atoms with Crippen molar-refractivity contribution in [1.82, 2.24) is 9.78 Å². The Balaban J connectivity index is 0.000000225. The number of carbonyl (C=O) groups excluding carboxylic acids is 2. The van der Waals surface area contributed by atoms with E-state index in [0.29, 0.717) is 34.3 Å². The van der Waals surface area contributed by atoms with Crippen LogP contribution in [-0.2, 0) is 32.8 Å². The van der Waals surface area contributed by atoms with Gasteiger partial charge in [-0.15, -0.1) is 0 Å². The van der Waals surface area contributed by atoms with Gasteiger partial charge in [0.05, 0.1) is 29.0 Å². The number of halogens is 2. The Morgan fingerprint density at radius 2 is 1.53 bits per heavy atom. The zero-order valence-corrected chi connectivity index (χ0v) is 35.4. The van der Waals surface area contributed by atoms with Crippen LogP contribution in [-0.4, -0.2) is 33.5 Å². The molecule has 59 heavy (non-hydrogen) atoms. The van der Waals surface area contributed by atoms with Gasteiger partial charge in [-0.3, -0.25) is 4.79 Å². The summed E-state index contributed by atoms with van der Waals surface area (Å²) in [7, 11) is 1.82. The van der Waals surface area contributed by atoms with Gasteiger partial charge in [-0.1, -0.05) is 103 Å². The Bertz CT molecular complexity index is 2310. The average Bonchev–Trinajstić information content (AvgIpc) is 3.62. The van der Waals surface area contributed by atoms with Gasteiger partial charge in [-0.25, -0.2) is 9.48 Å². The van der Waals surface area contributed by atoms with E-state index in [-0.39, 0.29) is 34.3 Å². The van der Waals surface area contributed by atoms with Crippen molar-refractivity contribution in [1.29, 1.82) is 5.26 Å². The lowest BCUT2D eigenvalue weighted by molar-refractivity contribution is -0.149. The maximum absolute atomic E-state index is 12.6. The van der Waals surface area contributed by atoms with E-state index in [1.165, 1.54) is 0 Å². The molecule has 13 heteroatoms. The highest BCUT2D eigenvalue weighted by Crippen LogP contribution is 2.60. The first-order valence-corrected chi connectivity index (χ1v) is 19.5. The minimum absolute atomic E-state index is 0.114. The fourth-order valence-corrected chi connectivity index (χ4v) is 6.37. The van der Waals surface area contributed by atoms with Crippen molar-refractivity contribution < 1.29 is 33.4 Å². The van der Waals surface area contributed by atoms with E-state index in [0.717, 1.165) is 16.8 Å². The number of aromatic nitrogens is 2. The fraction of sp³-hybridized carbons (Fsp3) is 0.283. The maximum atomic E-state index is 12.6. The molecule has 11 nitrogen and oxygen atoms in total. The predicted octanol–water partition coefficient (Wildman–Crippen LogP) is 11.2. The van der Waals surface area contributed by atoms with Gasteiger partial charge in [-0.2, -0.15) is 10.4 Å². The van der Waals surface area contributed by atoms with Crippen molar-refractivity contribution in [2.45, 2.75) is 59.9 Å². The summed E-state index contributed by atoms with van der Waals surface area (Å²) in [6, 6.07) is 34.8. The molecule has 0 N–H and O–H groups in total. The first kappa shape index (κ1) is 44.0. The monoisotopic (exact) mass is 836 g/mol. The van der Waals surface area contributed by atoms with Crippen molar-refractivity contribution >= 4 is 41.4 Å². The van der Waals surface area contributed by atoms with Crippen molar-refractivity contribution in [3.05, 3.63) is 148 Å². The number of aryl methyl sites for hydroxylation is 2. The third-order valence-electron chi connectivity index (χ3n) is 9.21. The molecule has 0 spiro atoms. The van der Waals surface area contributed by atoms with E-state index < -0.39 is 17.7 Å². The first-order chi connectivity index (χ1) is 28.0. The third kappa shape index (κ3) is 12.5. The molecular weight excluding hydrogens is 791 g/mol. The van der Waals surface area contributed by atoms with E-state index in [1.807, 2.05) is 127 Å². The van der Waals surface area contributed by atoms with Gasteiger partial charge < -0.3 is 23.8 Å². The van der Waals surface area contributed by atoms with E-state index >= 15 is 0 Å². The Hall–Kier alpha value is -6.09. The lowest BCUT2D eigenvalue weighted by Gasteiger charge is -2.19. The summed E-state index contributed by atoms with van der Waals surface area (Å²) in [5, 5.41) is 18.0. The van der Waals surface area contributed by atoms with Gasteiger partial charge >= 0.3 is 11.9 Å². The summed E-state index contributed by atoms with van der Waals surface area (Å²) in [6.07, 6.45) is 2.21. The summed E-state index contributed by atoms with van der Waals surface area (Å²) in [5.74, 6) is 1.23. The van der Waals surface area contributed by atoms with E-state index in [1.54, 1.807) is 53.4 Å². The van der Waals surface area contributed by atoms with Crippen LogP contribution < -0.4 is 9.47 Å². The molecule has 0 aliphatic heterocycles. The van der Waals surface area contributed by atoms with Crippen LogP contribution in [0.3, 0.4) is 0 Å². The van der Waals surface area contributed by atoms with Crippen LogP contribution in [0.15, 0.2) is 125 Å². The van der Waals surface area contributed by atoms with Crippen LogP contribution in [0.5, 0.6) is 23.1 Å². The highest BCUT2D eigenvalue weighted by molar-refractivity contribution is 6.55. The summed E-state index contributed by atoms with van der Waals surface area (Å²) in [4.78, 5) is 30.1. The molecule has 1 aliphatic carbocycles. The second kappa shape index (κ2) is 19.6. The predicted molar refractivity (Wildman–Crippen MR) is 226 cm³/mol. The minimum Gasteiger partial charge on any atom is -0.457 e. The SMILES string of the molecule is CC1(C)[C@H](C(=O)OC(C#N)c2cccc(Oc3ccccc3)c2)[C@@H]1C=C(Cl)Cl.Cc1nn(C)c(Oc2ccccc2)c1/C=N/OCc1ccc(C(=O)OC(C)(C)C)cc1. The second-order valence-corrected chi connectivity index (χ2v) is 16.3. The normalized spacial score (nSPS) is 15.7. The number of carbonyl (C=O) groups is 2. The van der Waals surface area contributed by atoms with Gasteiger partial charge in [0.25, 0.3) is 0 Å². The molecule has 1 unspecified atom stereocenters. The zero-order chi connectivity index (χ0) is 42.7. The number of nitriles is 1. The molecule has 4 aromatic carbocycles. The highest BCUT2D eigenvalue weighted by atomic mass is 35.5. The van der Waals surface area contributed by atoms with Crippen molar-refractivity contribution in [2.24, 2.45) is 29.5 Å². The third-order valence-corrected chi connectivity index (χ3v) is 9.46. The quantitative estimate of drug-likeness (QED) is 0.0645. The van der Waals surface area contributed by atoms with Gasteiger partial charge in [0.2, 0.25) is 12.0 Å². The molecule has 3 atom stereocenters. The molecule has 0 amide bonds.